The van der Waals surface area contributed by atoms with Crippen molar-refractivity contribution < 1.29 is 37.3 Å². The second-order valence-corrected chi connectivity index (χ2v) is 10.3. The number of nitrogens with one attached hydrogen (secondary N) is 1. The standard InChI is InChI=1S/C27H29F4N5O4/c1-15(34-7-5-27(30,31)20(12-34)16-4-6-36(40)22(10-16)23(38)14-37)26(39)33-24-13-35-21(2-3-25(35)32-24)17-8-18(28)11-19(29)9-17/h4,6,8-11,13,15,20-21,23,37-38H,2-3,5,7,12,14H2,1H3,(H,33,39)/t15-,20?,21+,23?/m0/s1. The first-order valence-electron chi connectivity index (χ1n) is 12.9. The molecule has 0 bridgehead atoms. The molecule has 1 saturated heterocycles. The molecule has 5 rings (SSSR count). The monoisotopic (exact) mass is 563 g/mol. The number of nitrogens with zero attached hydrogens (tertiary/aromatic N) is 4. The highest BCUT2D eigenvalue weighted by molar-refractivity contribution is 5.93. The van der Waals surface area contributed by atoms with E-state index >= 15 is 0 Å². The Hall–Kier alpha value is -3.55. The lowest BCUT2D eigenvalue weighted by Crippen LogP contribution is -2.52. The molecular weight excluding hydrogens is 534 g/mol. The van der Waals surface area contributed by atoms with E-state index in [-0.39, 0.29) is 36.2 Å². The van der Waals surface area contributed by atoms with E-state index in [1.807, 2.05) is 0 Å². The van der Waals surface area contributed by atoms with Crippen LogP contribution in [0.2, 0.25) is 0 Å². The van der Waals surface area contributed by atoms with Crippen molar-refractivity contribution in [2.45, 2.75) is 56.2 Å². The predicted octanol–water partition coefficient (Wildman–Crippen LogP) is 2.81. The molecule has 3 N–H and O–H groups in total. The highest BCUT2D eigenvalue weighted by Gasteiger charge is 2.47. The van der Waals surface area contributed by atoms with E-state index in [1.54, 1.807) is 22.6 Å². The topological polar surface area (TPSA) is 118 Å². The van der Waals surface area contributed by atoms with Crippen LogP contribution in [0.4, 0.5) is 23.4 Å². The molecule has 1 fully saturated rings. The third-order valence-electron chi connectivity index (χ3n) is 7.78. The Morgan fingerprint density at radius 1 is 1.25 bits per heavy atom. The van der Waals surface area contributed by atoms with Crippen molar-refractivity contribution in [2.75, 3.05) is 25.0 Å². The van der Waals surface area contributed by atoms with E-state index in [1.165, 1.54) is 18.2 Å². The number of anilines is 1. The van der Waals surface area contributed by atoms with Crippen LogP contribution in [-0.2, 0) is 11.2 Å². The zero-order valence-electron chi connectivity index (χ0n) is 21.6. The molecular formula is C27H29F4N5O4. The molecule has 40 heavy (non-hydrogen) atoms. The third-order valence-corrected chi connectivity index (χ3v) is 7.78. The van der Waals surface area contributed by atoms with Crippen molar-refractivity contribution in [1.29, 1.82) is 0 Å². The summed E-state index contributed by atoms with van der Waals surface area (Å²) in [5.41, 5.74) is 0.325. The van der Waals surface area contributed by atoms with Gasteiger partial charge in [-0.05, 0) is 36.6 Å². The van der Waals surface area contributed by atoms with Gasteiger partial charge < -0.3 is 25.3 Å². The van der Waals surface area contributed by atoms with E-state index in [0.29, 0.717) is 29.0 Å². The number of carbonyl (C=O) groups is 1. The van der Waals surface area contributed by atoms with Crippen molar-refractivity contribution in [2.24, 2.45) is 0 Å². The number of imidazole rings is 1. The highest BCUT2D eigenvalue weighted by Crippen LogP contribution is 2.41. The van der Waals surface area contributed by atoms with Gasteiger partial charge in [-0.2, -0.15) is 4.73 Å². The normalized spacial score (nSPS) is 22.1. The quantitative estimate of drug-likeness (QED) is 0.231. The summed E-state index contributed by atoms with van der Waals surface area (Å²) in [7, 11) is 0. The number of aliphatic hydroxyl groups excluding tert-OH is 2. The number of aliphatic hydroxyl groups is 2. The van der Waals surface area contributed by atoms with E-state index in [9.17, 15) is 37.8 Å². The Morgan fingerprint density at radius 2 is 1.98 bits per heavy atom. The summed E-state index contributed by atoms with van der Waals surface area (Å²) in [6.45, 7) is 0.612. The molecule has 9 nitrogen and oxygen atoms in total. The Kier molecular flexibility index (Phi) is 7.55. The maximum absolute atomic E-state index is 15.0. The van der Waals surface area contributed by atoms with E-state index in [2.05, 4.69) is 10.3 Å². The summed E-state index contributed by atoms with van der Waals surface area (Å²) >= 11 is 0. The maximum atomic E-state index is 15.0. The van der Waals surface area contributed by atoms with Crippen LogP contribution in [0.15, 0.2) is 42.7 Å². The molecule has 0 radical (unpaired) electrons. The van der Waals surface area contributed by atoms with Crippen LogP contribution >= 0.6 is 0 Å². The lowest BCUT2D eigenvalue weighted by atomic mass is 9.86. The average molecular weight is 564 g/mol. The molecule has 13 heteroatoms. The average Bonchev–Trinajstić information content (AvgIpc) is 3.48. The molecule has 3 aromatic rings. The number of piperidine rings is 1. The van der Waals surface area contributed by atoms with Gasteiger partial charge in [0.2, 0.25) is 11.6 Å². The van der Waals surface area contributed by atoms with Crippen LogP contribution in [-0.4, -0.2) is 62.2 Å². The van der Waals surface area contributed by atoms with Crippen molar-refractivity contribution in [3.63, 3.8) is 0 Å². The fourth-order valence-electron chi connectivity index (χ4n) is 5.55. The zero-order valence-corrected chi connectivity index (χ0v) is 21.6. The van der Waals surface area contributed by atoms with Gasteiger partial charge in [0.25, 0.3) is 5.92 Å². The molecule has 214 valence electrons. The van der Waals surface area contributed by atoms with Gasteiger partial charge >= 0.3 is 0 Å². The zero-order chi connectivity index (χ0) is 28.8. The van der Waals surface area contributed by atoms with Crippen LogP contribution in [0.3, 0.4) is 0 Å². The van der Waals surface area contributed by atoms with Crippen LogP contribution in [0.1, 0.15) is 60.5 Å². The minimum Gasteiger partial charge on any atom is -0.618 e. The van der Waals surface area contributed by atoms with Crippen molar-refractivity contribution in [3.8, 4) is 0 Å². The molecule has 0 spiro atoms. The molecule has 0 aliphatic carbocycles. The number of likely N-dealkylation sites (tertiary alicyclic amines) is 1. The molecule has 4 heterocycles. The number of pyridine rings is 1. The molecule has 2 aromatic heterocycles. The third kappa shape index (κ3) is 5.40. The Labute approximate surface area is 227 Å². The first kappa shape index (κ1) is 28.0. The number of aromatic nitrogens is 3. The lowest BCUT2D eigenvalue weighted by molar-refractivity contribution is -0.618. The molecule has 1 aromatic carbocycles. The Bertz CT molecular complexity index is 1400. The molecule has 2 aliphatic rings. The number of hydrogen-bond acceptors (Lipinski definition) is 6. The van der Waals surface area contributed by atoms with Gasteiger partial charge in [-0.3, -0.25) is 9.69 Å². The number of aryl methyl sites for hydroxylation is 1. The second kappa shape index (κ2) is 10.8. The van der Waals surface area contributed by atoms with Crippen molar-refractivity contribution >= 4 is 11.7 Å². The smallest absolute Gasteiger partial charge is 0.257 e. The largest absolute Gasteiger partial charge is 0.618 e. The molecule has 0 saturated carbocycles. The van der Waals surface area contributed by atoms with E-state index in [4.69, 9.17) is 0 Å². The maximum Gasteiger partial charge on any atom is 0.257 e. The number of benzene rings is 1. The summed E-state index contributed by atoms with van der Waals surface area (Å²) in [6, 6.07) is 4.60. The van der Waals surface area contributed by atoms with Crippen LogP contribution in [0.5, 0.6) is 0 Å². The van der Waals surface area contributed by atoms with Gasteiger partial charge in [0.05, 0.1) is 24.6 Å². The van der Waals surface area contributed by atoms with Crippen LogP contribution in [0.25, 0.3) is 0 Å². The van der Waals surface area contributed by atoms with E-state index in [0.717, 1.165) is 18.3 Å². The minimum absolute atomic E-state index is 0.0501. The fourth-order valence-corrected chi connectivity index (χ4v) is 5.55. The van der Waals surface area contributed by atoms with Gasteiger partial charge in [-0.25, -0.2) is 22.5 Å². The first-order chi connectivity index (χ1) is 19.0. The van der Waals surface area contributed by atoms with Gasteiger partial charge in [0.15, 0.2) is 18.1 Å². The van der Waals surface area contributed by atoms with Crippen LogP contribution in [0, 0.1) is 16.8 Å². The summed E-state index contributed by atoms with van der Waals surface area (Å²) in [4.78, 5) is 19.2. The number of rotatable bonds is 7. The predicted molar refractivity (Wildman–Crippen MR) is 134 cm³/mol. The Morgan fingerprint density at radius 3 is 2.67 bits per heavy atom. The fraction of sp³-hybridized carbons (Fsp3) is 0.444. The first-order valence-corrected chi connectivity index (χ1v) is 12.9. The number of hydrogen-bond donors (Lipinski definition) is 3. The van der Waals surface area contributed by atoms with Gasteiger partial charge in [0, 0.05) is 50.3 Å². The SMILES string of the molecule is C[C@@H](C(=O)Nc1cn2c(n1)CC[C@@H]2c1cc(F)cc(F)c1)N1CCC(F)(F)C(c2cc[n+]([O-])c(C(O)CO)c2)C1. The van der Waals surface area contributed by atoms with E-state index < -0.39 is 54.6 Å². The molecule has 2 aliphatic heterocycles. The van der Waals surface area contributed by atoms with Gasteiger partial charge in [-0.15, -0.1) is 0 Å². The van der Waals surface area contributed by atoms with Crippen molar-refractivity contribution in [3.05, 3.63) is 82.2 Å². The molecule has 4 atom stereocenters. The summed E-state index contributed by atoms with van der Waals surface area (Å²) in [5, 5.41) is 33.8. The number of carbonyl (C=O) groups excluding carboxylic acids is 1. The van der Waals surface area contributed by atoms with Crippen LogP contribution < -0.4 is 10.0 Å². The molecule has 1 amide bonds. The summed E-state index contributed by atoms with van der Waals surface area (Å²) < 4.78 is 59.6. The molecule has 2 unspecified atom stereocenters. The van der Waals surface area contributed by atoms with Gasteiger partial charge in [-0.1, -0.05) is 0 Å². The van der Waals surface area contributed by atoms with Gasteiger partial charge in [0.1, 0.15) is 17.5 Å². The Balaban J connectivity index is 1.30. The second-order valence-electron chi connectivity index (χ2n) is 10.3. The summed E-state index contributed by atoms with van der Waals surface area (Å²) in [5.74, 6) is -5.41. The number of halogens is 4. The van der Waals surface area contributed by atoms with Crippen molar-refractivity contribution in [1.82, 2.24) is 14.5 Å². The number of fused-ring (bicyclic) bond motifs is 1. The number of amides is 1. The lowest BCUT2D eigenvalue weighted by Gasteiger charge is -2.40. The highest BCUT2D eigenvalue weighted by atomic mass is 19.3. The summed E-state index contributed by atoms with van der Waals surface area (Å²) in [6.07, 6.45) is 1.71. The minimum atomic E-state index is -3.13. The number of alkyl halides is 2.